The Morgan fingerprint density at radius 1 is 1.05 bits per heavy atom. The Balaban J connectivity index is 1.50. The van der Waals surface area contributed by atoms with Gasteiger partial charge in [0.1, 0.15) is 11.6 Å². The fourth-order valence-corrected chi connectivity index (χ4v) is 11.3. The fraction of sp³-hybridized carbons (Fsp3) is 0.758. The van der Waals surface area contributed by atoms with Gasteiger partial charge < -0.3 is 10.6 Å². The molecule has 3 saturated carbocycles. The molecule has 0 unspecified atom stereocenters. The molecule has 228 valence electrons. The maximum absolute atomic E-state index is 13.3. The molecule has 7 atom stereocenters. The molecule has 2 N–H and O–H groups in total. The van der Waals surface area contributed by atoms with E-state index < -0.39 is 20.9 Å². The molecule has 0 aromatic heterocycles. The van der Waals surface area contributed by atoms with E-state index in [-0.39, 0.29) is 50.5 Å². The van der Waals surface area contributed by atoms with Crippen molar-refractivity contribution in [2.24, 2.45) is 48.3 Å². The maximum Gasteiger partial charge on any atom is 0.253 e. The Morgan fingerprint density at radius 3 is 2.33 bits per heavy atom. The minimum absolute atomic E-state index is 0.0362. The first kappa shape index (κ1) is 29.6. The Morgan fingerprint density at radius 2 is 1.71 bits per heavy atom. The smallest absolute Gasteiger partial charge is 0.253 e. The third-order valence-corrected chi connectivity index (χ3v) is 13.7. The van der Waals surface area contributed by atoms with E-state index >= 15 is 0 Å². The van der Waals surface area contributed by atoms with Gasteiger partial charge in [0.25, 0.3) is 10.0 Å². The van der Waals surface area contributed by atoms with Crippen LogP contribution in [-0.4, -0.2) is 50.3 Å². The van der Waals surface area contributed by atoms with Gasteiger partial charge in [0.2, 0.25) is 5.96 Å². The lowest BCUT2D eigenvalue weighted by Gasteiger charge is -2.69. The number of hydrogen-bond donors (Lipinski definition) is 2. The predicted molar refractivity (Wildman–Crippen MR) is 165 cm³/mol. The average molecular weight is 594 g/mol. The molecule has 3 fully saturated rings. The second-order valence-corrected chi connectivity index (χ2v) is 17.9. The summed E-state index contributed by atoms with van der Waals surface area (Å²) in [6, 6.07) is 2.24. The van der Waals surface area contributed by atoms with Gasteiger partial charge in [-0.1, -0.05) is 60.1 Å². The number of nitrogens with zero attached hydrogens (tertiary/aromatic N) is 3. The highest BCUT2D eigenvalue weighted by atomic mass is 32.2. The van der Waals surface area contributed by atoms with Crippen molar-refractivity contribution in [2.75, 3.05) is 13.3 Å². The van der Waals surface area contributed by atoms with E-state index in [4.69, 9.17) is 4.99 Å². The van der Waals surface area contributed by atoms with Gasteiger partial charge in [0.15, 0.2) is 5.78 Å². The van der Waals surface area contributed by atoms with E-state index in [0.717, 1.165) is 56.9 Å². The van der Waals surface area contributed by atoms with Crippen molar-refractivity contribution in [1.82, 2.24) is 10.6 Å². The molecule has 6 aliphatic rings. The van der Waals surface area contributed by atoms with Gasteiger partial charge >= 0.3 is 0 Å². The van der Waals surface area contributed by atoms with E-state index in [9.17, 15) is 18.5 Å². The third-order valence-electron chi connectivity index (χ3n) is 13.2. The molecule has 0 amide bonds. The van der Waals surface area contributed by atoms with Crippen molar-refractivity contribution < 1.29 is 13.2 Å². The van der Waals surface area contributed by atoms with Gasteiger partial charge in [-0.3, -0.25) is 9.79 Å². The van der Waals surface area contributed by atoms with Crippen LogP contribution in [0, 0.1) is 50.2 Å². The molecule has 0 radical (unpaired) electrons. The highest BCUT2D eigenvalue weighted by molar-refractivity contribution is 7.89. The lowest BCUT2D eigenvalue weighted by atomic mass is 9.34. The zero-order valence-corrected chi connectivity index (χ0v) is 27.6. The molecule has 0 bridgehead atoms. The van der Waals surface area contributed by atoms with Crippen molar-refractivity contribution in [3.8, 4) is 6.07 Å². The summed E-state index contributed by atoms with van der Waals surface area (Å²) in [5.74, 6) is 0.563. The molecule has 1 spiro atoms. The van der Waals surface area contributed by atoms with Crippen LogP contribution in [0.15, 0.2) is 32.7 Å². The molecule has 8 nitrogen and oxygen atoms in total. The molecule has 6 rings (SSSR count). The quantitative estimate of drug-likeness (QED) is 0.340. The molecule has 0 aromatic rings. The van der Waals surface area contributed by atoms with Gasteiger partial charge in [0, 0.05) is 34.7 Å². The summed E-state index contributed by atoms with van der Waals surface area (Å²) in [5, 5.41) is 16.7. The number of carbonyl (C=O) groups excluding carboxylic acids is 1. The number of allylic oxidation sites excluding steroid dienone is 3. The van der Waals surface area contributed by atoms with E-state index in [1.165, 1.54) is 5.57 Å². The zero-order chi connectivity index (χ0) is 30.9. The fourth-order valence-electron chi connectivity index (χ4n) is 10.8. The average Bonchev–Trinajstić information content (AvgIpc) is 3.62. The van der Waals surface area contributed by atoms with Crippen molar-refractivity contribution >= 4 is 27.5 Å². The Bertz CT molecular complexity index is 1560. The van der Waals surface area contributed by atoms with Gasteiger partial charge in [-0.2, -0.15) is 5.26 Å². The molecule has 0 saturated heterocycles. The van der Waals surface area contributed by atoms with Crippen molar-refractivity contribution in [3.05, 3.63) is 23.3 Å². The SMILES string of the molecule is CN/C(=N\S(C)(=O)=O)N[C@]12CCC(C)(C)C[C@H]1[C@@]13N=C1C=C1[C@@]4(C)C=C(C#N)C(=O)C(C)(C)[C@@H]4CC[C@@]1(C)[C@]3(C)CC2. The molecule has 9 heteroatoms. The first-order valence-electron chi connectivity index (χ1n) is 15.5. The molecule has 1 aliphatic heterocycles. The van der Waals surface area contributed by atoms with E-state index in [2.05, 4.69) is 61.8 Å². The van der Waals surface area contributed by atoms with Gasteiger partial charge in [-0.15, -0.1) is 4.40 Å². The maximum atomic E-state index is 13.3. The van der Waals surface area contributed by atoms with Crippen molar-refractivity contribution in [3.63, 3.8) is 0 Å². The van der Waals surface area contributed by atoms with E-state index in [1.54, 1.807) is 7.05 Å². The van der Waals surface area contributed by atoms with Crippen LogP contribution >= 0.6 is 0 Å². The first-order chi connectivity index (χ1) is 19.3. The number of sulfonamides is 1. The summed E-state index contributed by atoms with van der Waals surface area (Å²) < 4.78 is 28.4. The van der Waals surface area contributed by atoms with Crippen LogP contribution in [0.5, 0.6) is 0 Å². The minimum atomic E-state index is -3.58. The molecule has 5 aliphatic carbocycles. The number of carbonyl (C=O) groups is 1. The van der Waals surface area contributed by atoms with Gasteiger partial charge in [0.05, 0.1) is 17.5 Å². The zero-order valence-electron chi connectivity index (χ0n) is 26.7. The monoisotopic (exact) mass is 593 g/mol. The number of hydrogen-bond acceptors (Lipinski definition) is 5. The number of ketones is 1. The van der Waals surface area contributed by atoms with Crippen molar-refractivity contribution in [1.29, 1.82) is 5.26 Å². The van der Waals surface area contributed by atoms with Crippen LogP contribution in [0.4, 0.5) is 0 Å². The Labute approximate surface area is 251 Å². The van der Waals surface area contributed by atoms with Crippen LogP contribution in [0.2, 0.25) is 0 Å². The largest absolute Gasteiger partial charge is 0.359 e. The second kappa shape index (κ2) is 8.37. The summed E-state index contributed by atoms with van der Waals surface area (Å²) in [6.07, 6.45) is 12.1. The molecular weight excluding hydrogens is 546 g/mol. The first-order valence-corrected chi connectivity index (χ1v) is 17.4. The molecular formula is C33H47N5O3S. The van der Waals surface area contributed by atoms with Crippen LogP contribution in [-0.2, 0) is 14.8 Å². The van der Waals surface area contributed by atoms with Crippen LogP contribution in [0.1, 0.15) is 93.4 Å². The number of nitrogens with one attached hydrogen (secondary N) is 2. The number of rotatable bonds is 2. The topological polar surface area (TPSA) is 124 Å². The molecule has 42 heavy (non-hydrogen) atoms. The van der Waals surface area contributed by atoms with Crippen LogP contribution < -0.4 is 10.6 Å². The highest BCUT2D eigenvalue weighted by Gasteiger charge is 2.79. The normalized spacial score (nSPS) is 44.8. The van der Waals surface area contributed by atoms with Crippen LogP contribution in [0.3, 0.4) is 0 Å². The number of Topliss-reactive ketones (excluding diaryl/α,β-unsaturated/α-hetero) is 1. The number of guanidine groups is 1. The predicted octanol–water partition coefficient (Wildman–Crippen LogP) is 5.09. The van der Waals surface area contributed by atoms with Crippen molar-refractivity contribution in [2.45, 2.75) is 104 Å². The summed E-state index contributed by atoms with van der Waals surface area (Å²) >= 11 is 0. The summed E-state index contributed by atoms with van der Waals surface area (Å²) in [6.45, 7) is 15.9. The lowest BCUT2D eigenvalue weighted by Crippen LogP contribution is -2.73. The summed E-state index contributed by atoms with van der Waals surface area (Å²) in [5.41, 5.74) is 0.869. The molecule has 0 aromatic carbocycles. The van der Waals surface area contributed by atoms with Crippen LogP contribution in [0.25, 0.3) is 0 Å². The highest BCUT2D eigenvalue weighted by Crippen LogP contribution is 2.78. The second-order valence-electron chi connectivity index (χ2n) is 16.2. The van der Waals surface area contributed by atoms with Gasteiger partial charge in [-0.25, -0.2) is 8.42 Å². The standard InChI is InChI=1S/C33H47N5O3S/c1-27(2)12-14-32(37-26(35-8)38-42(9,40)41)15-13-31(7)30(6)11-10-21-28(3,4)25(39)20(19-34)17-29(21,5)22(30)16-24-33(31,36-24)23(32)18-27/h16-17,21,23H,10-15,18H2,1-9H3,(H2,35,37,38)/t21-,23+,29-,30+,31-,32-,33+/m0/s1. The minimum Gasteiger partial charge on any atom is -0.359 e. The van der Waals surface area contributed by atoms with E-state index in [0.29, 0.717) is 5.96 Å². The molecule has 1 heterocycles. The number of aliphatic imine (C=N–C) groups is 1. The summed E-state index contributed by atoms with van der Waals surface area (Å²) in [7, 11) is -1.86. The van der Waals surface area contributed by atoms with E-state index in [1.807, 2.05) is 19.9 Å². The summed E-state index contributed by atoms with van der Waals surface area (Å²) in [4.78, 5) is 18.8. The third kappa shape index (κ3) is 3.56. The Hall–Kier alpha value is -2.47. The lowest BCUT2D eigenvalue weighted by molar-refractivity contribution is -0.135. The Kier molecular flexibility index (Phi) is 5.90. The van der Waals surface area contributed by atoms with Gasteiger partial charge in [-0.05, 0) is 67.8 Å². The number of nitriles is 1. The number of fused-ring (bicyclic) bond motifs is 5.